The number of benzene rings is 1. The predicted octanol–water partition coefficient (Wildman–Crippen LogP) is 7.39. The zero-order valence-corrected chi connectivity index (χ0v) is 21.8. The van der Waals surface area contributed by atoms with Gasteiger partial charge in [0, 0.05) is 0 Å². The monoisotopic (exact) mass is 526 g/mol. The van der Waals surface area contributed by atoms with Crippen molar-refractivity contribution in [3.63, 3.8) is 0 Å². The van der Waals surface area contributed by atoms with Gasteiger partial charge in [-0.25, -0.2) is 0 Å². The van der Waals surface area contributed by atoms with Crippen molar-refractivity contribution in [2.45, 2.75) is 80.5 Å². The van der Waals surface area contributed by atoms with Gasteiger partial charge in [0.1, 0.15) is 0 Å². The van der Waals surface area contributed by atoms with Crippen LogP contribution in [0.25, 0.3) is 6.08 Å². The van der Waals surface area contributed by atoms with E-state index in [1.807, 2.05) is 0 Å². The fraction of sp³-hybridized carbons (Fsp3) is 0.538. The Labute approximate surface area is 177 Å². The van der Waals surface area contributed by atoms with Gasteiger partial charge in [-0.05, 0) is 0 Å². The molecule has 1 aromatic carbocycles. The Hall–Kier alpha value is -0.690. The summed E-state index contributed by atoms with van der Waals surface area (Å²) in [7, 11) is 0. The SMILES string of the molecule is CC1=C(C)[C](C)([Hf][C]2(CC(C)C)C=Cc3cc4c(cc32)CCC4)C(C)=C1C. The van der Waals surface area contributed by atoms with Crippen LogP contribution in [0.2, 0.25) is 3.17 Å². The molecule has 1 unspecified atom stereocenters. The molecule has 142 valence electrons. The van der Waals surface area contributed by atoms with Crippen LogP contribution in [0, 0.1) is 5.92 Å². The van der Waals surface area contributed by atoms with Gasteiger partial charge in [-0.3, -0.25) is 0 Å². The normalized spacial score (nSPS) is 25.6. The first kappa shape index (κ1) is 19.6. The summed E-state index contributed by atoms with van der Waals surface area (Å²) in [6, 6.07) is 5.18. The molecule has 0 radical (unpaired) electrons. The molecule has 0 heterocycles. The topological polar surface area (TPSA) is 0 Å². The van der Waals surface area contributed by atoms with Crippen LogP contribution >= 0.6 is 0 Å². The number of hydrogen-bond donors (Lipinski definition) is 0. The van der Waals surface area contributed by atoms with Crippen molar-refractivity contribution in [2.75, 3.05) is 0 Å². The molecule has 0 spiro atoms. The molecule has 0 saturated carbocycles. The van der Waals surface area contributed by atoms with Crippen LogP contribution in [-0.2, 0) is 38.9 Å². The van der Waals surface area contributed by atoms with Crippen LogP contribution in [0.3, 0.4) is 0 Å². The van der Waals surface area contributed by atoms with Gasteiger partial charge in [0.25, 0.3) is 0 Å². The molecule has 1 heteroatoms. The third-order valence-corrected chi connectivity index (χ3v) is 16.1. The Balaban J connectivity index is 1.83. The van der Waals surface area contributed by atoms with Gasteiger partial charge >= 0.3 is 178 Å². The third kappa shape index (κ3) is 2.95. The molecule has 0 nitrogen and oxygen atoms in total. The molecule has 3 aliphatic carbocycles. The molecule has 0 amide bonds. The summed E-state index contributed by atoms with van der Waals surface area (Å²) in [6.45, 7) is 17.0. The van der Waals surface area contributed by atoms with E-state index in [4.69, 9.17) is 0 Å². The van der Waals surface area contributed by atoms with E-state index < -0.39 is 22.9 Å². The summed E-state index contributed by atoms with van der Waals surface area (Å²) in [4.78, 5) is 0. The quantitative estimate of drug-likeness (QED) is 0.360. The molecule has 0 bridgehead atoms. The maximum absolute atomic E-state index is 2.66. The molecule has 0 saturated heterocycles. The Bertz CT molecular complexity index is 869. The van der Waals surface area contributed by atoms with Crippen LogP contribution < -0.4 is 0 Å². The van der Waals surface area contributed by atoms with Crippen LogP contribution in [0.15, 0.2) is 40.5 Å². The predicted molar refractivity (Wildman–Crippen MR) is 114 cm³/mol. The van der Waals surface area contributed by atoms with Crippen molar-refractivity contribution in [1.82, 2.24) is 0 Å². The van der Waals surface area contributed by atoms with Crippen molar-refractivity contribution in [3.05, 3.63) is 62.8 Å². The van der Waals surface area contributed by atoms with E-state index in [1.165, 1.54) is 25.7 Å². The second-order valence-electron chi connectivity index (χ2n) is 9.71. The Morgan fingerprint density at radius 2 is 1.56 bits per heavy atom. The van der Waals surface area contributed by atoms with Gasteiger partial charge in [-0.1, -0.05) is 0 Å². The average Bonchev–Trinajstić information content (AvgIpc) is 3.24. The molecule has 27 heavy (non-hydrogen) atoms. The molecule has 1 atom stereocenters. The Morgan fingerprint density at radius 3 is 2.15 bits per heavy atom. The molecular weight excluding hydrogens is 491 g/mol. The van der Waals surface area contributed by atoms with Crippen LogP contribution in [-0.4, -0.2) is 0 Å². The Morgan fingerprint density at radius 1 is 0.963 bits per heavy atom. The summed E-state index contributed by atoms with van der Waals surface area (Å²) in [5.41, 5.74) is 13.0. The number of aryl methyl sites for hydroxylation is 2. The van der Waals surface area contributed by atoms with Gasteiger partial charge in [-0.2, -0.15) is 0 Å². The van der Waals surface area contributed by atoms with Gasteiger partial charge in [-0.15, -0.1) is 0 Å². The molecule has 0 fully saturated rings. The van der Waals surface area contributed by atoms with Crippen molar-refractivity contribution in [3.8, 4) is 0 Å². The van der Waals surface area contributed by atoms with E-state index in [-0.39, 0.29) is 0 Å². The molecule has 3 aliphatic rings. The first-order valence-electron chi connectivity index (χ1n) is 10.7. The molecule has 1 aromatic rings. The van der Waals surface area contributed by atoms with Crippen molar-refractivity contribution >= 4 is 6.08 Å². The molecular formula is C26H34Hf. The average molecular weight is 525 g/mol. The minimum absolute atomic E-state index is 0.364. The van der Waals surface area contributed by atoms with Crippen LogP contribution in [0.4, 0.5) is 0 Å². The van der Waals surface area contributed by atoms with Crippen LogP contribution in [0.1, 0.15) is 83.6 Å². The van der Waals surface area contributed by atoms with E-state index in [1.54, 1.807) is 44.5 Å². The molecule has 0 N–H and O–H groups in total. The maximum atomic E-state index is 2.66. The van der Waals surface area contributed by atoms with E-state index in [2.05, 4.69) is 72.8 Å². The summed E-state index contributed by atoms with van der Waals surface area (Å²) >= 11 is -1.13. The second kappa shape index (κ2) is 6.68. The summed E-state index contributed by atoms with van der Waals surface area (Å²) < 4.78 is 0.733. The fourth-order valence-electron chi connectivity index (χ4n) is 5.70. The fourth-order valence-corrected chi connectivity index (χ4v) is 15.3. The summed E-state index contributed by atoms with van der Waals surface area (Å²) in [5.74, 6) is 0.738. The molecule has 4 rings (SSSR count). The first-order chi connectivity index (χ1) is 12.7. The zero-order valence-electron chi connectivity index (χ0n) is 18.2. The number of hydrogen-bond acceptors (Lipinski definition) is 0. The molecule has 0 aromatic heterocycles. The number of allylic oxidation sites excluding steroid dienone is 5. The van der Waals surface area contributed by atoms with Crippen molar-refractivity contribution in [1.29, 1.82) is 0 Å². The van der Waals surface area contributed by atoms with E-state index in [0.29, 0.717) is 6.34 Å². The van der Waals surface area contributed by atoms with E-state index in [0.717, 1.165) is 5.92 Å². The van der Waals surface area contributed by atoms with Gasteiger partial charge in [0.05, 0.1) is 0 Å². The second-order valence-corrected chi connectivity index (χ2v) is 17.4. The standard InChI is InChI=1S/C16H19.C10H15.Hf/c1-11(2)8-14-6-7-15-9-12-4-3-5-13(12)10-16(14)15;1-6-7(2)9(4)10(5)8(6)3;/h6-7,9-11H,3-5,8H2,1-2H3;1-5H3;. The van der Waals surface area contributed by atoms with Gasteiger partial charge < -0.3 is 0 Å². The van der Waals surface area contributed by atoms with Crippen molar-refractivity contribution in [2.24, 2.45) is 5.92 Å². The Kier molecular flexibility index (Phi) is 4.86. The first-order valence-corrected chi connectivity index (χ1v) is 14.3. The van der Waals surface area contributed by atoms with Gasteiger partial charge in [0.2, 0.25) is 0 Å². The third-order valence-electron chi connectivity index (χ3n) is 7.68. The van der Waals surface area contributed by atoms with Gasteiger partial charge in [0.15, 0.2) is 0 Å². The zero-order chi connectivity index (χ0) is 19.6. The molecule has 0 aliphatic heterocycles. The summed E-state index contributed by atoms with van der Waals surface area (Å²) in [6.07, 6.45) is 10.4. The number of fused-ring (bicyclic) bond motifs is 2. The van der Waals surface area contributed by atoms with E-state index >= 15 is 0 Å². The summed E-state index contributed by atoms with van der Waals surface area (Å²) in [5, 5.41) is 0. The minimum atomic E-state index is -1.13. The van der Waals surface area contributed by atoms with E-state index in [9.17, 15) is 0 Å². The van der Waals surface area contributed by atoms with Crippen molar-refractivity contribution < 1.29 is 22.9 Å². The number of rotatable bonds is 4. The van der Waals surface area contributed by atoms with Crippen LogP contribution in [0.5, 0.6) is 0 Å².